The van der Waals surface area contributed by atoms with E-state index in [1.54, 1.807) is 13.2 Å². The predicted molar refractivity (Wildman–Crippen MR) is 85.7 cm³/mol. The summed E-state index contributed by atoms with van der Waals surface area (Å²) >= 11 is 0. The molecule has 3 rings (SSSR count). The molecule has 1 aliphatic rings. The van der Waals surface area contributed by atoms with E-state index in [1.807, 2.05) is 19.2 Å². The predicted octanol–water partition coefficient (Wildman–Crippen LogP) is 0.0949. The minimum Gasteiger partial charge on any atom is -0.497 e. The molecule has 1 unspecified atom stereocenters. The third kappa shape index (κ3) is 3.90. The molecule has 1 amide bonds. The fourth-order valence-electron chi connectivity index (χ4n) is 2.65. The van der Waals surface area contributed by atoms with Crippen LogP contribution in [-0.4, -0.2) is 32.7 Å². The average Bonchev–Trinajstić information content (AvgIpc) is 3.29. The number of ether oxygens (including phenoxy) is 1. The molecule has 1 atom stereocenters. The van der Waals surface area contributed by atoms with E-state index in [0.29, 0.717) is 30.5 Å². The van der Waals surface area contributed by atoms with Crippen LogP contribution in [-0.2, 0) is 11.3 Å². The van der Waals surface area contributed by atoms with E-state index in [-0.39, 0.29) is 5.91 Å². The molecular formula is C17H21N2O4+. The van der Waals surface area contributed by atoms with E-state index in [2.05, 4.69) is 5.32 Å². The van der Waals surface area contributed by atoms with Gasteiger partial charge in [0.05, 0.1) is 14.2 Å². The number of quaternary nitrogens is 1. The zero-order chi connectivity index (χ0) is 16.4. The highest BCUT2D eigenvalue weighted by atomic mass is 16.5. The van der Waals surface area contributed by atoms with Crippen molar-refractivity contribution < 1.29 is 18.8 Å². The van der Waals surface area contributed by atoms with Gasteiger partial charge in [0.2, 0.25) is 0 Å². The smallest absolute Gasteiger partial charge is 0.336 e. The molecule has 1 aliphatic carbocycles. The molecule has 1 aromatic carbocycles. The lowest BCUT2D eigenvalue weighted by atomic mass is 10.1. The lowest BCUT2D eigenvalue weighted by Gasteiger charge is -2.14. The monoisotopic (exact) mass is 317 g/mol. The Labute approximate surface area is 134 Å². The topological polar surface area (TPSA) is 73.0 Å². The molecule has 1 fully saturated rings. The van der Waals surface area contributed by atoms with Gasteiger partial charge in [-0.1, -0.05) is 0 Å². The molecule has 0 bridgehead atoms. The molecule has 1 aromatic heterocycles. The number of hydrogen-bond acceptors (Lipinski definition) is 4. The van der Waals surface area contributed by atoms with Crippen molar-refractivity contribution in [3.05, 3.63) is 40.2 Å². The van der Waals surface area contributed by atoms with Gasteiger partial charge in [-0.15, -0.1) is 0 Å². The summed E-state index contributed by atoms with van der Waals surface area (Å²) in [4.78, 5) is 24.7. The summed E-state index contributed by atoms with van der Waals surface area (Å²) in [5.74, 6) is 0.696. The summed E-state index contributed by atoms with van der Waals surface area (Å²) in [5.41, 5.74) is 0.980. The van der Waals surface area contributed by atoms with Crippen LogP contribution in [0.15, 0.2) is 33.5 Å². The SMILES string of the molecule is COc1ccc2c(C[NH+](C)CC(=O)NC3CC3)cc(=O)oc2c1. The highest BCUT2D eigenvalue weighted by Crippen LogP contribution is 2.22. The molecule has 0 radical (unpaired) electrons. The number of methoxy groups -OCH3 is 1. The largest absolute Gasteiger partial charge is 0.497 e. The summed E-state index contributed by atoms with van der Waals surface area (Å²) < 4.78 is 10.4. The van der Waals surface area contributed by atoms with E-state index in [9.17, 15) is 9.59 Å². The maximum Gasteiger partial charge on any atom is 0.336 e. The molecule has 0 aliphatic heterocycles. The van der Waals surface area contributed by atoms with Crippen molar-refractivity contribution in [3.63, 3.8) is 0 Å². The van der Waals surface area contributed by atoms with Crippen LogP contribution in [0.25, 0.3) is 11.0 Å². The molecule has 122 valence electrons. The fraction of sp³-hybridized carbons (Fsp3) is 0.412. The number of likely N-dealkylation sites (N-methyl/N-ethyl adjacent to an activating group) is 1. The summed E-state index contributed by atoms with van der Waals surface area (Å²) in [6, 6.07) is 7.28. The number of fused-ring (bicyclic) bond motifs is 1. The van der Waals surface area contributed by atoms with Crippen LogP contribution in [0, 0.1) is 0 Å². The summed E-state index contributed by atoms with van der Waals surface area (Å²) in [7, 11) is 3.51. The second-order valence-electron chi connectivity index (χ2n) is 6.11. The van der Waals surface area contributed by atoms with Gasteiger partial charge >= 0.3 is 5.63 Å². The van der Waals surface area contributed by atoms with Crippen molar-refractivity contribution in [2.45, 2.75) is 25.4 Å². The molecule has 2 aromatic rings. The first-order chi connectivity index (χ1) is 11.0. The first kappa shape index (κ1) is 15.6. The molecule has 6 nitrogen and oxygen atoms in total. The van der Waals surface area contributed by atoms with E-state index < -0.39 is 5.63 Å². The number of rotatable bonds is 6. The molecule has 1 heterocycles. The van der Waals surface area contributed by atoms with Crippen molar-refractivity contribution in [2.24, 2.45) is 0 Å². The highest BCUT2D eigenvalue weighted by Gasteiger charge is 2.24. The third-order valence-corrected chi connectivity index (χ3v) is 3.93. The second kappa shape index (κ2) is 6.42. The molecule has 23 heavy (non-hydrogen) atoms. The number of amides is 1. The zero-order valence-electron chi connectivity index (χ0n) is 13.3. The maximum atomic E-state index is 11.9. The molecule has 0 saturated heterocycles. The van der Waals surface area contributed by atoms with Gasteiger partial charge in [-0.3, -0.25) is 4.79 Å². The Morgan fingerprint density at radius 3 is 2.87 bits per heavy atom. The number of benzene rings is 1. The van der Waals surface area contributed by atoms with Crippen molar-refractivity contribution in [1.29, 1.82) is 0 Å². The molecule has 2 N–H and O–H groups in total. The van der Waals surface area contributed by atoms with Crippen LogP contribution in [0.1, 0.15) is 18.4 Å². The van der Waals surface area contributed by atoms with Gasteiger partial charge in [0, 0.05) is 29.1 Å². The first-order valence-corrected chi connectivity index (χ1v) is 7.76. The van der Waals surface area contributed by atoms with Crippen molar-refractivity contribution >= 4 is 16.9 Å². The average molecular weight is 317 g/mol. The van der Waals surface area contributed by atoms with E-state index >= 15 is 0 Å². The Morgan fingerprint density at radius 1 is 1.39 bits per heavy atom. The van der Waals surface area contributed by atoms with Gasteiger partial charge in [-0.2, -0.15) is 0 Å². The summed E-state index contributed by atoms with van der Waals surface area (Å²) in [6.07, 6.45) is 2.16. The van der Waals surface area contributed by atoms with Gasteiger partial charge in [0.15, 0.2) is 6.54 Å². The van der Waals surface area contributed by atoms with E-state index in [1.165, 1.54) is 6.07 Å². The Hall–Kier alpha value is -2.34. The van der Waals surface area contributed by atoms with Gasteiger partial charge in [-0.25, -0.2) is 4.79 Å². The summed E-state index contributed by atoms with van der Waals surface area (Å²) in [5, 5.41) is 3.85. The van der Waals surface area contributed by atoms with Crippen molar-refractivity contribution in [2.75, 3.05) is 20.7 Å². The van der Waals surface area contributed by atoms with Gasteiger partial charge < -0.3 is 19.4 Å². The van der Waals surface area contributed by atoms with Crippen LogP contribution in [0.2, 0.25) is 0 Å². The Balaban J connectivity index is 1.78. The van der Waals surface area contributed by atoms with Crippen LogP contribution >= 0.6 is 0 Å². The molecule has 0 spiro atoms. The number of carbonyl (C=O) groups excluding carboxylic acids is 1. The summed E-state index contributed by atoms with van der Waals surface area (Å²) in [6.45, 7) is 0.959. The normalized spacial score (nSPS) is 15.4. The van der Waals surface area contributed by atoms with Crippen LogP contribution < -0.4 is 20.6 Å². The zero-order valence-corrected chi connectivity index (χ0v) is 13.3. The maximum absolute atomic E-state index is 11.9. The Morgan fingerprint density at radius 2 is 2.17 bits per heavy atom. The number of hydrogen-bond donors (Lipinski definition) is 2. The highest BCUT2D eigenvalue weighted by molar-refractivity contribution is 5.81. The van der Waals surface area contributed by atoms with Crippen molar-refractivity contribution in [1.82, 2.24) is 5.32 Å². The molecule has 1 saturated carbocycles. The van der Waals surface area contributed by atoms with E-state index in [0.717, 1.165) is 28.7 Å². The van der Waals surface area contributed by atoms with Crippen LogP contribution in [0.4, 0.5) is 0 Å². The first-order valence-electron chi connectivity index (χ1n) is 7.76. The lowest BCUT2D eigenvalue weighted by Crippen LogP contribution is -3.09. The van der Waals surface area contributed by atoms with Gasteiger partial charge in [0.25, 0.3) is 5.91 Å². The van der Waals surface area contributed by atoms with Crippen LogP contribution in [0.5, 0.6) is 5.75 Å². The van der Waals surface area contributed by atoms with Gasteiger partial charge in [-0.05, 0) is 25.0 Å². The Bertz CT molecular complexity index is 780. The number of carbonyl (C=O) groups is 1. The second-order valence-corrected chi connectivity index (χ2v) is 6.11. The quantitative estimate of drug-likeness (QED) is 0.741. The molecule has 6 heteroatoms. The minimum absolute atomic E-state index is 0.0546. The van der Waals surface area contributed by atoms with Crippen LogP contribution in [0.3, 0.4) is 0 Å². The number of nitrogens with one attached hydrogen (secondary N) is 2. The molecular weight excluding hydrogens is 296 g/mol. The van der Waals surface area contributed by atoms with Crippen molar-refractivity contribution in [3.8, 4) is 5.75 Å². The minimum atomic E-state index is -0.393. The lowest BCUT2D eigenvalue weighted by molar-refractivity contribution is -0.885. The Kier molecular flexibility index (Phi) is 4.34. The third-order valence-electron chi connectivity index (χ3n) is 3.93. The standard InChI is InChI=1S/C17H20N2O4/c1-19(10-16(20)18-12-3-4-12)9-11-7-17(21)23-15-8-13(22-2)5-6-14(11)15/h5-8,12H,3-4,9-10H2,1-2H3,(H,18,20)/p+1. The fourth-order valence-corrected chi connectivity index (χ4v) is 2.65. The van der Waals surface area contributed by atoms with Gasteiger partial charge in [0.1, 0.15) is 17.9 Å². The van der Waals surface area contributed by atoms with E-state index in [4.69, 9.17) is 9.15 Å².